The molecular formula is C16H28N2O. The third-order valence-electron chi connectivity index (χ3n) is 3.64. The minimum absolute atomic E-state index is 0.0549. The van der Waals surface area contributed by atoms with Crippen molar-refractivity contribution in [3.05, 3.63) is 28.8 Å². The van der Waals surface area contributed by atoms with Crippen molar-refractivity contribution < 1.29 is 4.74 Å². The smallest absolute Gasteiger partial charge is 0.122 e. The van der Waals surface area contributed by atoms with Crippen LogP contribution in [-0.4, -0.2) is 20.3 Å². The van der Waals surface area contributed by atoms with Crippen LogP contribution in [0, 0.1) is 6.92 Å². The molecule has 0 atom stereocenters. The topological polar surface area (TPSA) is 47.3 Å². The fraction of sp³-hybridized carbons (Fsp3) is 0.625. The molecule has 0 bridgehead atoms. The minimum Gasteiger partial charge on any atom is -0.496 e. The van der Waals surface area contributed by atoms with Crippen molar-refractivity contribution in [1.29, 1.82) is 0 Å². The van der Waals surface area contributed by atoms with Gasteiger partial charge in [0.2, 0.25) is 0 Å². The lowest BCUT2D eigenvalue weighted by atomic mass is 9.80. The molecule has 0 fully saturated rings. The molecule has 0 aliphatic carbocycles. The third-order valence-corrected chi connectivity index (χ3v) is 3.64. The Hall–Kier alpha value is -1.06. The molecule has 3 heteroatoms. The van der Waals surface area contributed by atoms with E-state index in [9.17, 15) is 0 Å². The van der Waals surface area contributed by atoms with Gasteiger partial charge in [0.1, 0.15) is 5.75 Å². The molecule has 3 nitrogen and oxygen atoms in total. The zero-order valence-electron chi connectivity index (χ0n) is 13.1. The SMILES string of the molecule is COc1cc(C)c(C(C)(C)CNCN)cc1C(C)C. The molecule has 0 amide bonds. The first-order valence-corrected chi connectivity index (χ1v) is 6.93. The fourth-order valence-electron chi connectivity index (χ4n) is 2.54. The lowest BCUT2D eigenvalue weighted by molar-refractivity contribution is 0.405. The number of nitrogens with one attached hydrogen (secondary N) is 1. The van der Waals surface area contributed by atoms with Crippen LogP contribution in [0.5, 0.6) is 5.75 Å². The molecule has 0 aliphatic heterocycles. The molecule has 108 valence electrons. The summed E-state index contributed by atoms with van der Waals surface area (Å²) in [4.78, 5) is 0. The molecule has 0 saturated carbocycles. The van der Waals surface area contributed by atoms with Crippen LogP contribution >= 0.6 is 0 Å². The van der Waals surface area contributed by atoms with Gasteiger partial charge in [0.15, 0.2) is 0 Å². The van der Waals surface area contributed by atoms with Crippen LogP contribution in [0.1, 0.15) is 50.3 Å². The summed E-state index contributed by atoms with van der Waals surface area (Å²) in [6.45, 7) is 12.4. The number of ether oxygens (including phenoxy) is 1. The van der Waals surface area contributed by atoms with Crippen molar-refractivity contribution in [3.63, 3.8) is 0 Å². The van der Waals surface area contributed by atoms with Gasteiger partial charge in [-0.25, -0.2) is 0 Å². The van der Waals surface area contributed by atoms with Crippen LogP contribution in [0.25, 0.3) is 0 Å². The highest BCUT2D eigenvalue weighted by atomic mass is 16.5. The molecule has 0 radical (unpaired) electrons. The van der Waals surface area contributed by atoms with E-state index in [0.29, 0.717) is 12.6 Å². The number of benzene rings is 1. The van der Waals surface area contributed by atoms with Crippen LogP contribution in [0.4, 0.5) is 0 Å². The van der Waals surface area contributed by atoms with Crippen LogP contribution in [0.3, 0.4) is 0 Å². The van der Waals surface area contributed by atoms with Gasteiger partial charge >= 0.3 is 0 Å². The second kappa shape index (κ2) is 6.40. The quantitative estimate of drug-likeness (QED) is 0.777. The highest BCUT2D eigenvalue weighted by Crippen LogP contribution is 2.34. The summed E-state index contributed by atoms with van der Waals surface area (Å²) in [5.74, 6) is 1.44. The highest BCUT2D eigenvalue weighted by Gasteiger charge is 2.24. The van der Waals surface area contributed by atoms with Gasteiger partial charge in [-0.3, -0.25) is 0 Å². The molecule has 1 aromatic carbocycles. The first-order chi connectivity index (χ1) is 8.83. The summed E-state index contributed by atoms with van der Waals surface area (Å²) < 4.78 is 5.50. The lowest BCUT2D eigenvalue weighted by Gasteiger charge is -2.29. The number of hydrogen-bond donors (Lipinski definition) is 2. The van der Waals surface area contributed by atoms with Crippen LogP contribution < -0.4 is 15.8 Å². The van der Waals surface area contributed by atoms with Gasteiger partial charge in [-0.05, 0) is 35.6 Å². The Labute approximate surface area is 117 Å². The second-order valence-corrected chi connectivity index (χ2v) is 6.08. The summed E-state index contributed by atoms with van der Waals surface area (Å²) in [6, 6.07) is 4.44. The molecule has 0 unspecified atom stereocenters. The Morgan fingerprint density at radius 2 is 1.95 bits per heavy atom. The van der Waals surface area contributed by atoms with Crippen molar-refractivity contribution in [3.8, 4) is 5.75 Å². The predicted octanol–water partition coefficient (Wildman–Crippen LogP) is 2.91. The molecule has 1 rings (SSSR count). The van der Waals surface area contributed by atoms with Gasteiger partial charge in [0.25, 0.3) is 0 Å². The Morgan fingerprint density at radius 3 is 2.42 bits per heavy atom. The third kappa shape index (κ3) is 3.71. The molecule has 0 heterocycles. The Balaban J connectivity index is 3.24. The summed E-state index contributed by atoms with van der Waals surface area (Å²) in [7, 11) is 1.74. The second-order valence-electron chi connectivity index (χ2n) is 6.08. The van der Waals surface area contributed by atoms with E-state index in [-0.39, 0.29) is 5.41 Å². The van der Waals surface area contributed by atoms with E-state index in [1.807, 2.05) is 0 Å². The standard InChI is InChI=1S/C16H28N2O/c1-11(2)13-8-14(12(3)7-15(13)19-6)16(4,5)9-18-10-17/h7-8,11,18H,9-10,17H2,1-6H3. The highest BCUT2D eigenvalue weighted by molar-refractivity contribution is 5.46. The van der Waals surface area contributed by atoms with Crippen molar-refractivity contribution in [2.75, 3.05) is 20.3 Å². The normalized spacial score (nSPS) is 12.0. The Bertz CT molecular complexity index is 425. The van der Waals surface area contributed by atoms with Crippen LogP contribution in [0.15, 0.2) is 12.1 Å². The van der Waals surface area contributed by atoms with Gasteiger partial charge in [-0.1, -0.05) is 33.8 Å². The minimum atomic E-state index is 0.0549. The van der Waals surface area contributed by atoms with E-state index >= 15 is 0 Å². The van der Waals surface area contributed by atoms with E-state index in [1.54, 1.807) is 7.11 Å². The molecule has 0 aromatic heterocycles. The fourth-order valence-corrected chi connectivity index (χ4v) is 2.54. The van der Waals surface area contributed by atoms with E-state index in [1.165, 1.54) is 16.7 Å². The van der Waals surface area contributed by atoms with Crippen molar-refractivity contribution in [1.82, 2.24) is 5.32 Å². The monoisotopic (exact) mass is 264 g/mol. The van der Waals surface area contributed by atoms with E-state index in [0.717, 1.165) is 12.3 Å². The van der Waals surface area contributed by atoms with Gasteiger partial charge in [-0.15, -0.1) is 0 Å². The largest absolute Gasteiger partial charge is 0.496 e. The van der Waals surface area contributed by atoms with Crippen LogP contribution in [-0.2, 0) is 5.41 Å². The number of methoxy groups -OCH3 is 1. The summed E-state index contributed by atoms with van der Waals surface area (Å²) in [6.07, 6.45) is 0. The number of rotatable bonds is 6. The summed E-state index contributed by atoms with van der Waals surface area (Å²) in [5, 5.41) is 3.24. The Kier molecular flexibility index (Phi) is 5.39. The van der Waals surface area contributed by atoms with Crippen molar-refractivity contribution in [2.45, 2.75) is 46.0 Å². The number of hydrogen-bond acceptors (Lipinski definition) is 3. The number of aryl methyl sites for hydroxylation is 1. The molecular weight excluding hydrogens is 236 g/mol. The van der Waals surface area contributed by atoms with Gasteiger partial charge < -0.3 is 15.8 Å². The predicted molar refractivity (Wildman–Crippen MR) is 81.9 cm³/mol. The molecule has 0 saturated heterocycles. The zero-order valence-corrected chi connectivity index (χ0v) is 13.1. The number of nitrogens with two attached hydrogens (primary N) is 1. The summed E-state index contributed by atoms with van der Waals surface area (Å²) >= 11 is 0. The van der Waals surface area contributed by atoms with E-state index in [2.05, 4.69) is 52.1 Å². The first-order valence-electron chi connectivity index (χ1n) is 6.93. The van der Waals surface area contributed by atoms with Crippen molar-refractivity contribution in [2.24, 2.45) is 5.73 Å². The molecule has 0 aliphatic rings. The zero-order chi connectivity index (χ0) is 14.6. The van der Waals surface area contributed by atoms with E-state index in [4.69, 9.17) is 10.5 Å². The maximum Gasteiger partial charge on any atom is 0.122 e. The van der Waals surface area contributed by atoms with Crippen molar-refractivity contribution >= 4 is 0 Å². The van der Waals surface area contributed by atoms with Gasteiger partial charge in [0, 0.05) is 18.6 Å². The molecule has 3 N–H and O–H groups in total. The molecule has 1 aromatic rings. The Morgan fingerprint density at radius 1 is 1.32 bits per heavy atom. The van der Waals surface area contributed by atoms with Gasteiger partial charge in [-0.2, -0.15) is 0 Å². The lowest BCUT2D eigenvalue weighted by Crippen LogP contribution is -2.36. The van der Waals surface area contributed by atoms with Crippen LogP contribution in [0.2, 0.25) is 0 Å². The molecule has 0 spiro atoms. The average Bonchev–Trinajstić information content (AvgIpc) is 2.35. The first kappa shape index (κ1) is 16.0. The molecule has 19 heavy (non-hydrogen) atoms. The van der Waals surface area contributed by atoms with E-state index < -0.39 is 0 Å². The summed E-state index contributed by atoms with van der Waals surface area (Å²) in [5.41, 5.74) is 9.49. The maximum atomic E-state index is 5.54. The van der Waals surface area contributed by atoms with Gasteiger partial charge in [0.05, 0.1) is 7.11 Å². The average molecular weight is 264 g/mol. The maximum absolute atomic E-state index is 5.54.